The Labute approximate surface area is 155 Å². The van der Waals surface area contributed by atoms with Crippen LogP contribution in [0.2, 0.25) is 5.15 Å². The minimum atomic E-state index is -0.440. The van der Waals surface area contributed by atoms with Crippen LogP contribution in [0.4, 0.5) is 5.69 Å². The number of anilines is 1. The van der Waals surface area contributed by atoms with Crippen molar-refractivity contribution in [2.45, 2.75) is 6.92 Å². The number of hydrogen-bond donors (Lipinski definition) is 2. The number of carbonyl (C=O) groups excluding carboxylic acids is 1. The lowest BCUT2D eigenvalue weighted by molar-refractivity contribution is 0.102. The fourth-order valence-corrected chi connectivity index (χ4v) is 2.58. The quantitative estimate of drug-likeness (QED) is 0.313. The molecule has 0 atom stereocenters. The van der Waals surface area contributed by atoms with Gasteiger partial charge in [-0.05, 0) is 13.0 Å². The Morgan fingerprint density at radius 3 is 2.50 bits per heavy atom. The van der Waals surface area contributed by atoms with Crippen LogP contribution in [0.15, 0.2) is 65.8 Å². The SMILES string of the molecule is CC(=NO)c1ccccc1NC(=O)c1cc(Cl)nc(-c2ccccc2)n1. The van der Waals surface area contributed by atoms with Gasteiger partial charge in [0.15, 0.2) is 5.82 Å². The molecule has 0 aliphatic heterocycles. The van der Waals surface area contributed by atoms with Crippen LogP contribution < -0.4 is 5.32 Å². The van der Waals surface area contributed by atoms with Gasteiger partial charge in [-0.3, -0.25) is 4.79 Å². The highest BCUT2D eigenvalue weighted by Gasteiger charge is 2.15. The van der Waals surface area contributed by atoms with Gasteiger partial charge in [-0.2, -0.15) is 0 Å². The molecule has 3 rings (SSSR count). The van der Waals surface area contributed by atoms with Crippen LogP contribution in [0, 0.1) is 0 Å². The van der Waals surface area contributed by atoms with Crippen LogP contribution in [-0.2, 0) is 0 Å². The van der Waals surface area contributed by atoms with Crippen molar-refractivity contribution in [1.82, 2.24) is 9.97 Å². The lowest BCUT2D eigenvalue weighted by Crippen LogP contribution is -2.16. The average molecular weight is 367 g/mol. The first-order valence-electron chi connectivity index (χ1n) is 7.78. The molecule has 3 aromatic rings. The number of aromatic nitrogens is 2. The molecular formula is C19H15ClN4O2. The molecule has 1 heterocycles. The number of amides is 1. The fourth-order valence-electron chi connectivity index (χ4n) is 2.40. The smallest absolute Gasteiger partial charge is 0.274 e. The Morgan fingerprint density at radius 1 is 1.08 bits per heavy atom. The molecule has 0 radical (unpaired) electrons. The molecule has 0 aliphatic carbocycles. The highest BCUT2D eigenvalue weighted by atomic mass is 35.5. The highest BCUT2D eigenvalue weighted by Crippen LogP contribution is 2.20. The van der Waals surface area contributed by atoms with E-state index in [-0.39, 0.29) is 10.8 Å². The summed E-state index contributed by atoms with van der Waals surface area (Å²) in [4.78, 5) is 21.1. The molecule has 1 amide bonds. The molecule has 0 bridgehead atoms. The van der Waals surface area contributed by atoms with Gasteiger partial charge in [0.1, 0.15) is 10.8 Å². The third-order valence-electron chi connectivity index (χ3n) is 3.67. The summed E-state index contributed by atoms with van der Waals surface area (Å²) in [6.45, 7) is 1.64. The zero-order valence-electron chi connectivity index (χ0n) is 13.8. The topological polar surface area (TPSA) is 87.5 Å². The molecule has 0 unspecified atom stereocenters. The maximum atomic E-state index is 12.7. The van der Waals surface area contributed by atoms with Crippen LogP contribution in [0.3, 0.4) is 0 Å². The fraction of sp³-hybridized carbons (Fsp3) is 0.0526. The monoisotopic (exact) mass is 366 g/mol. The van der Waals surface area contributed by atoms with E-state index < -0.39 is 5.91 Å². The third kappa shape index (κ3) is 3.87. The number of benzene rings is 2. The highest BCUT2D eigenvalue weighted by molar-refractivity contribution is 6.30. The Kier molecular flexibility index (Phi) is 5.24. The van der Waals surface area contributed by atoms with E-state index >= 15 is 0 Å². The normalized spacial score (nSPS) is 11.2. The molecule has 2 N–H and O–H groups in total. The maximum absolute atomic E-state index is 12.7. The first-order chi connectivity index (χ1) is 12.6. The van der Waals surface area contributed by atoms with Gasteiger partial charge < -0.3 is 10.5 Å². The largest absolute Gasteiger partial charge is 0.411 e. The summed E-state index contributed by atoms with van der Waals surface area (Å²) >= 11 is 6.07. The summed E-state index contributed by atoms with van der Waals surface area (Å²) in [5.41, 5.74) is 2.38. The Balaban J connectivity index is 1.94. The van der Waals surface area contributed by atoms with Crippen molar-refractivity contribution in [2.24, 2.45) is 5.16 Å². The minimum absolute atomic E-state index is 0.136. The van der Waals surface area contributed by atoms with Gasteiger partial charge in [0, 0.05) is 17.2 Å². The minimum Gasteiger partial charge on any atom is -0.411 e. The van der Waals surface area contributed by atoms with Crippen LogP contribution in [0.1, 0.15) is 23.0 Å². The van der Waals surface area contributed by atoms with Crippen molar-refractivity contribution in [3.8, 4) is 11.4 Å². The van der Waals surface area contributed by atoms with Gasteiger partial charge in [-0.15, -0.1) is 0 Å². The zero-order valence-corrected chi connectivity index (χ0v) is 14.6. The molecule has 0 spiro atoms. The van der Waals surface area contributed by atoms with Crippen LogP contribution in [0.5, 0.6) is 0 Å². The molecule has 0 saturated carbocycles. The zero-order chi connectivity index (χ0) is 18.5. The summed E-state index contributed by atoms with van der Waals surface area (Å²) in [5, 5.41) is 15.1. The first-order valence-corrected chi connectivity index (χ1v) is 8.15. The number of rotatable bonds is 4. The molecule has 26 heavy (non-hydrogen) atoms. The number of nitrogens with zero attached hydrogens (tertiary/aromatic N) is 3. The molecule has 0 fully saturated rings. The van der Waals surface area contributed by atoms with E-state index in [9.17, 15) is 4.79 Å². The van der Waals surface area contributed by atoms with Gasteiger partial charge >= 0.3 is 0 Å². The molecule has 7 heteroatoms. The van der Waals surface area contributed by atoms with Gasteiger partial charge in [-0.1, -0.05) is 65.3 Å². The summed E-state index contributed by atoms with van der Waals surface area (Å²) in [6, 6.07) is 17.7. The summed E-state index contributed by atoms with van der Waals surface area (Å²) in [5.74, 6) is -0.0747. The van der Waals surface area contributed by atoms with E-state index in [1.165, 1.54) is 6.07 Å². The molecular weight excluding hydrogens is 352 g/mol. The van der Waals surface area contributed by atoms with Gasteiger partial charge in [0.05, 0.1) is 11.4 Å². The van der Waals surface area contributed by atoms with Crippen molar-refractivity contribution in [2.75, 3.05) is 5.32 Å². The number of carbonyl (C=O) groups is 1. The number of nitrogens with one attached hydrogen (secondary N) is 1. The molecule has 2 aromatic carbocycles. The van der Waals surface area contributed by atoms with E-state index in [1.54, 1.807) is 31.2 Å². The third-order valence-corrected chi connectivity index (χ3v) is 3.87. The second kappa shape index (κ2) is 7.76. The molecule has 0 saturated heterocycles. The second-order valence-electron chi connectivity index (χ2n) is 5.45. The Bertz CT molecular complexity index is 974. The standard InChI is InChI=1S/C19H15ClN4O2/c1-12(24-26)14-9-5-6-10-15(14)22-19(25)16-11-17(20)23-18(21-16)13-7-3-2-4-8-13/h2-11,26H,1H3,(H,22,25). The first kappa shape index (κ1) is 17.6. The predicted octanol–water partition coefficient (Wildman–Crippen LogP) is 4.25. The van der Waals surface area contributed by atoms with E-state index in [1.807, 2.05) is 30.3 Å². The van der Waals surface area contributed by atoms with Crippen LogP contribution >= 0.6 is 11.6 Å². The van der Waals surface area contributed by atoms with Crippen LogP contribution in [0.25, 0.3) is 11.4 Å². The Hall–Kier alpha value is -3.25. The summed E-state index contributed by atoms with van der Waals surface area (Å²) in [7, 11) is 0. The number of para-hydroxylation sites is 1. The summed E-state index contributed by atoms with van der Waals surface area (Å²) in [6.07, 6.45) is 0. The molecule has 1 aromatic heterocycles. The molecule has 6 nitrogen and oxygen atoms in total. The maximum Gasteiger partial charge on any atom is 0.274 e. The number of halogens is 1. The van der Waals surface area contributed by atoms with E-state index in [0.29, 0.717) is 22.8 Å². The van der Waals surface area contributed by atoms with Gasteiger partial charge in [0.25, 0.3) is 5.91 Å². The Morgan fingerprint density at radius 2 is 1.77 bits per heavy atom. The van der Waals surface area contributed by atoms with Crippen LogP contribution in [-0.4, -0.2) is 26.8 Å². The van der Waals surface area contributed by atoms with Gasteiger partial charge in [-0.25, -0.2) is 9.97 Å². The van der Waals surface area contributed by atoms with Crippen molar-refractivity contribution in [3.05, 3.63) is 77.1 Å². The lowest BCUT2D eigenvalue weighted by atomic mass is 10.1. The number of oxime groups is 1. The second-order valence-corrected chi connectivity index (χ2v) is 5.84. The van der Waals surface area contributed by atoms with E-state index in [2.05, 4.69) is 20.4 Å². The predicted molar refractivity (Wildman–Crippen MR) is 101 cm³/mol. The van der Waals surface area contributed by atoms with Crippen molar-refractivity contribution in [1.29, 1.82) is 0 Å². The van der Waals surface area contributed by atoms with E-state index in [0.717, 1.165) is 5.56 Å². The summed E-state index contributed by atoms with van der Waals surface area (Å²) < 4.78 is 0. The van der Waals surface area contributed by atoms with Crippen molar-refractivity contribution >= 4 is 28.9 Å². The van der Waals surface area contributed by atoms with Crippen molar-refractivity contribution < 1.29 is 10.0 Å². The lowest BCUT2D eigenvalue weighted by Gasteiger charge is -2.10. The molecule has 0 aliphatic rings. The molecule has 130 valence electrons. The number of hydrogen-bond acceptors (Lipinski definition) is 5. The van der Waals surface area contributed by atoms with Gasteiger partial charge in [0.2, 0.25) is 0 Å². The average Bonchev–Trinajstić information content (AvgIpc) is 2.68. The van der Waals surface area contributed by atoms with E-state index in [4.69, 9.17) is 16.8 Å². The van der Waals surface area contributed by atoms with Crippen molar-refractivity contribution in [3.63, 3.8) is 0 Å².